The molecule has 0 aliphatic carbocycles. The first-order valence-electron chi connectivity index (χ1n) is 13.5. The van der Waals surface area contributed by atoms with Gasteiger partial charge in [-0.25, -0.2) is 0 Å². The normalized spacial score (nSPS) is 11.7. The SMILES string of the molecule is CC(C)(c1ccc(C(C)(C)c2ccc(N)cc2Oc2ccccc2)cc1)c1ccc(N)cc1Oc1ccccc1. The zero-order valence-electron chi connectivity index (χ0n) is 23.5. The van der Waals surface area contributed by atoms with Crippen LogP contribution in [0.15, 0.2) is 121 Å². The molecule has 4 heteroatoms. The summed E-state index contributed by atoms with van der Waals surface area (Å²) in [6, 6.07) is 40.2. The molecule has 0 radical (unpaired) electrons. The molecular formula is C36H36N2O2. The molecule has 4 N–H and O–H groups in total. The molecule has 4 nitrogen and oxygen atoms in total. The standard InChI is InChI=1S/C36H36N2O2/c1-35(2,31-21-19-27(37)23-33(31)39-29-11-7-5-8-12-29)25-15-17-26(18-16-25)36(3,4)32-22-20-28(38)24-34(32)40-30-13-9-6-10-14-30/h5-24H,37-38H2,1-4H3. The Bertz CT molecular complexity index is 1470. The lowest BCUT2D eigenvalue weighted by Gasteiger charge is -2.31. The van der Waals surface area contributed by atoms with Gasteiger partial charge >= 0.3 is 0 Å². The first kappa shape index (κ1) is 26.9. The van der Waals surface area contributed by atoms with E-state index < -0.39 is 0 Å². The van der Waals surface area contributed by atoms with Crippen LogP contribution < -0.4 is 20.9 Å². The summed E-state index contributed by atoms with van der Waals surface area (Å²) in [5, 5.41) is 0. The van der Waals surface area contributed by atoms with E-state index in [-0.39, 0.29) is 10.8 Å². The van der Waals surface area contributed by atoms with Gasteiger partial charge in [-0.2, -0.15) is 0 Å². The van der Waals surface area contributed by atoms with Crippen molar-refractivity contribution in [3.8, 4) is 23.0 Å². The monoisotopic (exact) mass is 528 g/mol. The van der Waals surface area contributed by atoms with E-state index in [0.717, 1.165) is 34.1 Å². The van der Waals surface area contributed by atoms with Crippen LogP contribution in [0.3, 0.4) is 0 Å². The van der Waals surface area contributed by atoms with Gasteiger partial charge in [0.25, 0.3) is 0 Å². The predicted molar refractivity (Wildman–Crippen MR) is 165 cm³/mol. The number of anilines is 2. The minimum absolute atomic E-state index is 0.330. The maximum absolute atomic E-state index is 6.30. The third-order valence-electron chi connectivity index (χ3n) is 7.63. The quantitative estimate of drug-likeness (QED) is 0.197. The lowest BCUT2D eigenvalue weighted by molar-refractivity contribution is 0.460. The van der Waals surface area contributed by atoms with Crippen LogP contribution in [-0.2, 0) is 10.8 Å². The van der Waals surface area contributed by atoms with E-state index in [0.29, 0.717) is 11.4 Å². The van der Waals surface area contributed by atoms with Gasteiger partial charge in [-0.05, 0) is 47.5 Å². The molecule has 0 heterocycles. The summed E-state index contributed by atoms with van der Waals surface area (Å²) >= 11 is 0. The van der Waals surface area contributed by atoms with Crippen molar-refractivity contribution in [1.82, 2.24) is 0 Å². The predicted octanol–water partition coefficient (Wildman–Crippen LogP) is 9.09. The fourth-order valence-electron chi connectivity index (χ4n) is 5.12. The molecule has 5 aromatic rings. The highest BCUT2D eigenvalue weighted by Gasteiger charge is 2.30. The van der Waals surface area contributed by atoms with Crippen molar-refractivity contribution >= 4 is 11.4 Å². The number of hydrogen-bond acceptors (Lipinski definition) is 4. The van der Waals surface area contributed by atoms with Crippen molar-refractivity contribution < 1.29 is 9.47 Å². The number of nitrogen functional groups attached to an aromatic ring is 2. The smallest absolute Gasteiger partial charge is 0.133 e. The van der Waals surface area contributed by atoms with Gasteiger partial charge in [0.15, 0.2) is 0 Å². The Morgan fingerprint density at radius 3 is 1.15 bits per heavy atom. The van der Waals surface area contributed by atoms with Gasteiger partial charge in [0, 0.05) is 45.5 Å². The number of ether oxygens (including phenoxy) is 2. The minimum Gasteiger partial charge on any atom is -0.457 e. The highest BCUT2D eigenvalue weighted by atomic mass is 16.5. The van der Waals surface area contributed by atoms with Crippen LogP contribution in [0.25, 0.3) is 0 Å². The Labute approximate surface area is 237 Å². The molecular weight excluding hydrogens is 492 g/mol. The van der Waals surface area contributed by atoms with E-state index in [1.54, 1.807) is 0 Å². The molecule has 0 atom stereocenters. The van der Waals surface area contributed by atoms with Crippen LogP contribution in [-0.4, -0.2) is 0 Å². The summed E-state index contributed by atoms with van der Waals surface area (Å²) < 4.78 is 12.6. The first-order valence-corrected chi connectivity index (χ1v) is 13.5. The second kappa shape index (κ2) is 10.8. The largest absolute Gasteiger partial charge is 0.457 e. The number of benzene rings is 5. The molecule has 0 saturated carbocycles. The summed E-state index contributed by atoms with van der Waals surface area (Å²) in [5.41, 5.74) is 17.5. The molecule has 0 aliphatic rings. The maximum atomic E-state index is 6.30. The average molecular weight is 529 g/mol. The van der Waals surface area contributed by atoms with Crippen molar-refractivity contribution in [1.29, 1.82) is 0 Å². The van der Waals surface area contributed by atoms with Crippen LogP contribution in [0.5, 0.6) is 23.0 Å². The van der Waals surface area contributed by atoms with Crippen molar-refractivity contribution in [2.75, 3.05) is 11.5 Å². The van der Waals surface area contributed by atoms with Gasteiger partial charge < -0.3 is 20.9 Å². The molecule has 5 aromatic carbocycles. The van der Waals surface area contributed by atoms with Crippen molar-refractivity contribution in [2.45, 2.75) is 38.5 Å². The zero-order valence-corrected chi connectivity index (χ0v) is 23.5. The topological polar surface area (TPSA) is 70.5 Å². The van der Waals surface area contributed by atoms with Gasteiger partial charge in [-0.3, -0.25) is 0 Å². The number of rotatable bonds is 8. The molecule has 0 amide bonds. The maximum Gasteiger partial charge on any atom is 0.133 e. The summed E-state index contributed by atoms with van der Waals surface area (Å²) in [4.78, 5) is 0. The Kier molecular flexibility index (Phi) is 7.27. The molecule has 0 aromatic heterocycles. The molecule has 5 rings (SSSR count). The Balaban J connectivity index is 1.47. The van der Waals surface area contributed by atoms with E-state index >= 15 is 0 Å². The molecule has 0 saturated heterocycles. The van der Waals surface area contributed by atoms with E-state index in [1.165, 1.54) is 11.1 Å². The van der Waals surface area contributed by atoms with Crippen LogP contribution in [0.1, 0.15) is 49.9 Å². The lowest BCUT2D eigenvalue weighted by Crippen LogP contribution is -2.22. The average Bonchev–Trinajstić information content (AvgIpc) is 2.94. The molecule has 0 fully saturated rings. The number of para-hydroxylation sites is 2. The van der Waals surface area contributed by atoms with Gasteiger partial charge in [0.1, 0.15) is 23.0 Å². The van der Waals surface area contributed by atoms with E-state index in [1.807, 2.05) is 84.9 Å². The fourth-order valence-corrected chi connectivity index (χ4v) is 5.12. The van der Waals surface area contributed by atoms with Crippen LogP contribution in [0.4, 0.5) is 11.4 Å². The van der Waals surface area contributed by atoms with Crippen molar-refractivity contribution in [3.63, 3.8) is 0 Å². The Morgan fingerprint density at radius 1 is 0.450 bits per heavy atom. The molecule has 0 unspecified atom stereocenters. The molecule has 0 aliphatic heterocycles. The lowest BCUT2D eigenvalue weighted by atomic mass is 9.74. The molecule has 0 bridgehead atoms. The fraction of sp³-hybridized carbons (Fsp3) is 0.167. The second-order valence-corrected chi connectivity index (χ2v) is 11.2. The number of hydrogen-bond donors (Lipinski definition) is 2. The van der Waals surface area contributed by atoms with E-state index in [9.17, 15) is 0 Å². The van der Waals surface area contributed by atoms with E-state index in [4.69, 9.17) is 20.9 Å². The highest BCUT2D eigenvalue weighted by Crippen LogP contribution is 2.43. The Hall–Kier alpha value is -4.70. The Morgan fingerprint density at radius 2 is 0.800 bits per heavy atom. The van der Waals surface area contributed by atoms with Crippen LogP contribution in [0, 0.1) is 0 Å². The highest BCUT2D eigenvalue weighted by molar-refractivity contribution is 5.57. The van der Waals surface area contributed by atoms with E-state index in [2.05, 4.69) is 64.1 Å². The summed E-state index contributed by atoms with van der Waals surface area (Å²) in [5.74, 6) is 3.06. The minimum atomic E-state index is -0.330. The first-order chi connectivity index (χ1) is 19.1. The van der Waals surface area contributed by atoms with Crippen LogP contribution >= 0.6 is 0 Å². The van der Waals surface area contributed by atoms with Crippen LogP contribution in [0.2, 0.25) is 0 Å². The summed E-state index contributed by atoms with van der Waals surface area (Å²) in [6.07, 6.45) is 0. The van der Waals surface area contributed by atoms with Gasteiger partial charge in [-0.1, -0.05) is 100 Å². The third kappa shape index (κ3) is 5.52. The molecule has 0 spiro atoms. The summed E-state index contributed by atoms with van der Waals surface area (Å²) in [7, 11) is 0. The molecule has 40 heavy (non-hydrogen) atoms. The molecule has 202 valence electrons. The van der Waals surface area contributed by atoms with Crippen molar-refractivity contribution in [2.24, 2.45) is 0 Å². The third-order valence-corrected chi connectivity index (χ3v) is 7.63. The van der Waals surface area contributed by atoms with Gasteiger partial charge in [0.2, 0.25) is 0 Å². The summed E-state index contributed by atoms with van der Waals surface area (Å²) in [6.45, 7) is 8.84. The van der Waals surface area contributed by atoms with Gasteiger partial charge in [0.05, 0.1) is 0 Å². The number of nitrogens with two attached hydrogens (primary N) is 2. The van der Waals surface area contributed by atoms with Gasteiger partial charge in [-0.15, -0.1) is 0 Å². The second-order valence-electron chi connectivity index (χ2n) is 11.2. The zero-order chi connectivity index (χ0) is 28.3. The van der Waals surface area contributed by atoms with Crippen molar-refractivity contribution in [3.05, 3.63) is 144 Å².